The van der Waals surface area contributed by atoms with Gasteiger partial charge in [0, 0.05) is 43.6 Å². The van der Waals surface area contributed by atoms with Crippen LogP contribution in [0.4, 0.5) is 5.95 Å². The van der Waals surface area contributed by atoms with Crippen LogP contribution in [-0.2, 0) is 11.3 Å². The molecule has 0 saturated carbocycles. The summed E-state index contributed by atoms with van der Waals surface area (Å²) in [6.07, 6.45) is 8.61. The second-order valence-electron chi connectivity index (χ2n) is 7.26. The highest BCUT2D eigenvalue weighted by atomic mass is 16.5. The minimum Gasteiger partial charge on any atom is -0.376 e. The third-order valence-electron chi connectivity index (χ3n) is 5.19. The van der Waals surface area contributed by atoms with Crippen LogP contribution in [-0.4, -0.2) is 62.4 Å². The van der Waals surface area contributed by atoms with Crippen LogP contribution in [0, 0.1) is 6.92 Å². The highest BCUT2D eigenvalue weighted by molar-refractivity contribution is 5.25. The zero-order valence-corrected chi connectivity index (χ0v) is 15.3. The molecule has 0 aromatic carbocycles. The van der Waals surface area contributed by atoms with Crippen LogP contribution in [0.25, 0.3) is 0 Å². The van der Waals surface area contributed by atoms with Crippen LogP contribution in [0.3, 0.4) is 0 Å². The first-order valence-corrected chi connectivity index (χ1v) is 9.54. The quantitative estimate of drug-likeness (QED) is 0.815. The molecule has 2 aliphatic rings. The Morgan fingerprint density at radius 2 is 2.04 bits per heavy atom. The van der Waals surface area contributed by atoms with Crippen molar-refractivity contribution in [2.75, 3.05) is 31.6 Å². The molecule has 8 nitrogen and oxygen atoms in total. The van der Waals surface area contributed by atoms with E-state index in [0.717, 1.165) is 75.7 Å². The summed E-state index contributed by atoms with van der Waals surface area (Å²) in [4.78, 5) is 15.8. The Hall–Kier alpha value is -2.06. The van der Waals surface area contributed by atoms with E-state index in [9.17, 15) is 0 Å². The van der Waals surface area contributed by atoms with Crippen LogP contribution in [0.2, 0.25) is 0 Å². The van der Waals surface area contributed by atoms with Crippen molar-refractivity contribution in [1.82, 2.24) is 30.0 Å². The zero-order chi connectivity index (χ0) is 17.8. The number of nitrogens with one attached hydrogen (secondary N) is 2. The molecule has 2 N–H and O–H groups in total. The fraction of sp³-hybridized carbons (Fsp3) is 0.667. The standard InChI is InChI=1S/C18H27N7O/c1-13-22-17(24-23-13)15-4-6-25(7-5-15)12-14-9-19-18(20-10-14)21-11-16-3-2-8-26-16/h9-10,15-16H,2-8,11-12H2,1H3,(H,19,20,21)(H,22,23,24)/t16-/m1/s1. The van der Waals surface area contributed by atoms with Crippen molar-refractivity contribution in [3.8, 4) is 0 Å². The molecule has 0 spiro atoms. The van der Waals surface area contributed by atoms with Gasteiger partial charge in [0.25, 0.3) is 0 Å². The molecule has 4 heterocycles. The molecule has 0 bridgehead atoms. The van der Waals surface area contributed by atoms with Gasteiger partial charge in [-0.05, 0) is 45.7 Å². The van der Waals surface area contributed by atoms with E-state index in [-0.39, 0.29) is 0 Å². The Morgan fingerprint density at radius 3 is 2.69 bits per heavy atom. The lowest BCUT2D eigenvalue weighted by molar-refractivity contribution is 0.120. The molecule has 2 aromatic rings. The first-order chi connectivity index (χ1) is 12.8. The molecule has 0 aliphatic carbocycles. The highest BCUT2D eigenvalue weighted by Gasteiger charge is 2.23. The summed E-state index contributed by atoms with van der Waals surface area (Å²) in [5, 5.41) is 10.5. The molecule has 140 valence electrons. The number of rotatable bonds is 6. The van der Waals surface area contributed by atoms with Crippen LogP contribution < -0.4 is 5.32 Å². The van der Waals surface area contributed by atoms with Crippen molar-refractivity contribution in [3.63, 3.8) is 0 Å². The number of likely N-dealkylation sites (tertiary alicyclic amines) is 1. The summed E-state index contributed by atoms with van der Waals surface area (Å²) >= 11 is 0. The lowest BCUT2D eigenvalue weighted by Crippen LogP contribution is -2.32. The minimum atomic E-state index is 0.298. The first-order valence-electron chi connectivity index (χ1n) is 9.54. The maximum Gasteiger partial charge on any atom is 0.222 e. The largest absolute Gasteiger partial charge is 0.376 e. The topological polar surface area (TPSA) is 91.8 Å². The van der Waals surface area contributed by atoms with E-state index in [1.807, 2.05) is 19.3 Å². The number of anilines is 1. The Morgan fingerprint density at radius 1 is 1.23 bits per heavy atom. The smallest absolute Gasteiger partial charge is 0.222 e. The normalized spacial score (nSPS) is 22.0. The van der Waals surface area contributed by atoms with E-state index in [2.05, 4.69) is 35.4 Å². The predicted octanol–water partition coefficient (Wildman–Crippen LogP) is 1.87. The molecule has 0 radical (unpaired) electrons. The van der Waals surface area contributed by atoms with E-state index in [4.69, 9.17) is 4.74 Å². The van der Waals surface area contributed by atoms with Gasteiger partial charge in [-0.2, -0.15) is 5.10 Å². The number of aromatic nitrogens is 5. The number of aromatic amines is 1. The van der Waals surface area contributed by atoms with Gasteiger partial charge in [0.15, 0.2) is 5.82 Å². The third-order valence-corrected chi connectivity index (χ3v) is 5.19. The molecule has 26 heavy (non-hydrogen) atoms. The van der Waals surface area contributed by atoms with Gasteiger partial charge in [-0.15, -0.1) is 0 Å². The molecule has 8 heteroatoms. The predicted molar refractivity (Wildman–Crippen MR) is 97.9 cm³/mol. The van der Waals surface area contributed by atoms with Gasteiger partial charge in [0.1, 0.15) is 5.82 Å². The monoisotopic (exact) mass is 357 g/mol. The summed E-state index contributed by atoms with van der Waals surface area (Å²) < 4.78 is 5.61. The average Bonchev–Trinajstić information content (AvgIpc) is 3.34. The van der Waals surface area contributed by atoms with Gasteiger partial charge < -0.3 is 10.1 Å². The van der Waals surface area contributed by atoms with Crippen molar-refractivity contribution in [1.29, 1.82) is 0 Å². The van der Waals surface area contributed by atoms with Crippen molar-refractivity contribution in [2.45, 2.75) is 51.2 Å². The summed E-state index contributed by atoms with van der Waals surface area (Å²) in [6, 6.07) is 0. The Labute approximate surface area is 153 Å². The second-order valence-corrected chi connectivity index (χ2v) is 7.26. The molecule has 1 atom stereocenters. The number of ether oxygens (including phenoxy) is 1. The van der Waals surface area contributed by atoms with Gasteiger partial charge in [0.2, 0.25) is 5.95 Å². The summed E-state index contributed by atoms with van der Waals surface area (Å²) in [6.45, 7) is 6.61. The number of H-pyrrole nitrogens is 1. The van der Waals surface area contributed by atoms with Gasteiger partial charge in [-0.25, -0.2) is 15.0 Å². The summed E-state index contributed by atoms with van der Waals surface area (Å²) in [7, 11) is 0. The number of aryl methyl sites for hydroxylation is 1. The lowest BCUT2D eigenvalue weighted by Gasteiger charge is -2.30. The maximum atomic E-state index is 5.61. The number of nitrogens with zero attached hydrogens (tertiary/aromatic N) is 5. The Balaban J connectivity index is 1.23. The molecule has 0 unspecified atom stereocenters. The SMILES string of the molecule is Cc1nc(C2CCN(Cc3cnc(NC[C@H]4CCCO4)nc3)CC2)n[nH]1. The molecular formula is C18H27N7O. The molecular weight excluding hydrogens is 330 g/mol. The van der Waals surface area contributed by atoms with Crippen molar-refractivity contribution < 1.29 is 4.74 Å². The molecule has 0 amide bonds. The van der Waals surface area contributed by atoms with Crippen LogP contribution in [0.5, 0.6) is 0 Å². The van der Waals surface area contributed by atoms with Crippen molar-refractivity contribution in [3.05, 3.63) is 29.6 Å². The number of hydrogen-bond donors (Lipinski definition) is 2. The highest BCUT2D eigenvalue weighted by Crippen LogP contribution is 2.26. The van der Waals surface area contributed by atoms with Crippen LogP contribution in [0.15, 0.2) is 12.4 Å². The fourth-order valence-corrected chi connectivity index (χ4v) is 3.69. The van der Waals surface area contributed by atoms with Crippen LogP contribution >= 0.6 is 0 Å². The minimum absolute atomic E-state index is 0.298. The van der Waals surface area contributed by atoms with Crippen molar-refractivity contribution in [2.24, 2.45) is 0 Å². The van der Waals surface area contributed by atoms with Gasteiger partial charge in [0.05, 0.1) is 6.10 Å². The van der Waals surface area contributed by atoms with E-state index in [1.165, 1.54) is 0 Å². The van der Waals surface area contributed by atoms with E-state index in [1.54, 1.807) is 0 Å². The zero-order valence-electron chi connectivity index (χ0n) is 15.3. The van der Waals surface area contributed by atoms with E-state index in [0.29, 0.717) is 18.0 Å². The summed E-state index contributed by atoms with van der Waals surface area (Å²) in [5.41, 5.74) is 1.15. The molecule has 2 fully saturated rings. The summed E-state index contributed by atoms with van der Waals surface area (Å²) in [5.74, 6) is 3.01. The maximum absolute atomic E-state index is 5.61. The van der Waals surface area contributed by atoms with Crippen molar-refractivity contribution >= 4 is 5.95 Å². The first kappa shape index (κ1) is 17.4. The number of hydrogen-bond acceptors (Lipinski definition) is 7. The molecule has 2 aromatic heterocycles. The molecule has 2 aliphatic heterocycles. The van der Waals surface area contributed by atoms with Gasteiger partial charge in [-0.3, -0.25) is 10.00 Å². The average molecular weight is 357 g/mol. The Bertz CT molecular complexity index is 688. The molecule has 2 saturated heterocycles. The number of piperidine rings is 1. The molecule has 4 rings (SSSR count). The van der Waals surface area contributed by atoms with E-state index >= 15 is 0 Å². The third kappa shape index (κ3) is 4.37. The van der Waals surface area contributed by atoms with Crippen LogP contribution in [0.1, 0.15) is 48.8 Å². The fourth-order valence-electron chi connectivity index (χ4n) is 3.69. The van der Waals surface area contributed by atoms with Gasteiger partial charge in [-0.1, -0.05) is 0 Å². The van der Waals surface area contributed by atoms with E-state index < -0.39 is 0 Å². The van der Waals surface area contributed by atoms with Gasteiger partial charge >= 0.3 is 0 Å². The lowest BCUT2D eigenvalue weighted by atomic mass is 9.96. The second kappa shape index (κ2) is 8.09. The Kier molecular flexibility index (Phi) is 5.40.